The summed E-state index contributed by atoms with van der Waals surface area (Å²) in [6, 6.07) is 17.5. The smallest absolute Gasteiger partial charge is 0.249 e. The van der Waals surface area contributed by atoms with E-state index in [0.29, 0.717) is 28.3 Å². The van der Waals surface area contributed by atoms with Crippen LogP contribution in [-0.4, -0.2) is 46.6 Å². The predicted octanol–water partition coefficient (Wildman–Crippen LogP) is 4.75. The maximum Gasteiger partial charge on any atom is 0.249 e. The number of fused-ring (bicyclic) bond motifs is 1. The van der Waals surface area contributed by atoms with Gasteiger partial charge in [-0.25, -0.2) is 4.68 Å². The van der Waals surface area contributed by atoms with E-state index < -0.39 is 11.6 Å². The summed E-state index contributed by atoms with van der Waals surface area (Å²) in [5.41, 5.74) is 3.69. The molecular formula is C30H35N5O4. The summed E-state index contributed by atoms with van der Waals surface area (Å²) in [4.78, 5) is 30.1. The molecule has 0 saturated heterocycles. The highest BCUT2D eigenvalue weighted by molar-refractivity contribution is 6.03. The van der Waals surface area contributed by atoms with Crippen molar-refractivity contribution in [3.8, 4) is 11.5 Å². The van der Waals surface area contributed by atoms with Gasteiger partial charge in [0, 0.05) is 11.1 Å². The van der Waals surface area contributed by atoms with Gasteiger partial charge in [-0.05, 0) is 63.9 Å². The molecule has 4 aromatic rings. The molecule has 3 aromatic carbocycles. The largest absolute Gasteiger partial charge is 0.493 e. The lowest BCUT2D eigenvalue weighted by Gasteiger charge is -2.36. The standard InChI is InChI=1S/C30H35N5O4/c1-19-12-10-13-20(2)26(19)35(25(36)18-34-23-16-9-8-15-22(23)32-33-34)27(29(37)31-30(3,4)5)21-14-11-17-24(38-6)28(21)39-7/h8-17,27H,18H2,1-7H3,(H,31,37)/t27-/m0/s1. The molecule has 204 valence electrons. The van der Waals surface area contributed by atoms with Crippen molar-refractivity contribution in [3.05, 3.63) is 77.4 Å². The van der Waals surface area contributed by atoms with Crippen molar-refractivity contribution in [2.24, 2.45) is 0 Å². The van der Waals surface area contributed by atoms with Crippen LogP contribution in [0.1, 0.15) is 43.5 Å². The number of ether oxygens (including phenoxy) is 2. The second-order valence-electron chi connectivity index (χ2n) is 10.5. The molecule has 0 unspecified atom stereocenters. The number of rotatable bonds is 8. The lowest BCUT2D eigenvalue weighted by molar-refractivity contribution is -0.128. The van der Waals surface area contributed by atoms with E-state index in [4.69, 9.17) is 9.47 Å². The second kappa shape index (κ2) is 11.1. The van der Waals surface area contributed by atoms with Gasteiger partial charge in [0.25, 0.3) is 0 Å². The highest BCUT2D eigenvalue weighted by Crippen LogP contribution is 2.41. The fourth-order valence-electron chi connectivity index (χ4n) is 4.78. The number of carbonyl (C=O) groups excluding carboxylic acids is 2. The normalized spacial score (nSPS) is 12.2. The molecule has 0 aliphatic rings. The molecule has 1 aromatic heterocycles. The summed E-state index contributed by atoms with van der Waals surface area (Å²) < 4.78 is 12.9. The van der Waals surface area contributed by atoms with Gasteiger partial charge in [-0.15, -0.1) is 5.10 Å². The van der Waals surface area contributed by atoms with E-state index in [1.165, 1.54) is 14.2 Å². The van der Waals surface area contributed by atoms with Crippen molar-refractivity contribution in [1.29, 1.82) is 0 Å². The van der Waals surface area contributed by atoms with Gasteiger partial charge in [-0.2, -0.15) is 0 Å². The van der Waals surface area contributed by atoms with E-state index in [9.17, 15) is 9.59 Å². The molecule has 0 fully saturated rings. The number of aromatic nitrogens is 3. The molecule has 9 nitrogen and oxygen atoms in total. The number of para-hydroxylation sites is 3. The van der Waals surface area contributed by atoms with Gasteiger partial charge in [0.2, 0.25) is 11.8 Å². The Balaban J connectivity index is 1.95. The molecule has 2 amide bonds. The van der Waals surface area contributed by atoms with Crippen molar-refractivity contribution in [1.82, 2.24) is 20.3 Å². The molecule has 0 saturated carbocycles. The van der Waals surface area contributed by atoms with Crippen LogP contribution in [0.25, 0.3) is 11.0 Å². The number of hydrogen-bond donors (Lipinski definition) is 1. The number of nitrogens with zero attached hydrogens (tertiary/aromatic N) is 4. The molecule has 1 N–H and O–H groups in total. The van der Waals surface area contributed by atoms with Crippen LogP contribution in [0.2, 0.25) is 0 Å². The lowest BCUT2D eigenvalue weighted by atomic mass is 9.97. The number of carbonyl (C=O) groups is 2. The molecule has 39 heavy (non-hydrogen) atoms. The predicted molar refractivity (Wildman–Crippen MR) is 151 cm³/mol. The van der Waals surface area contributed by atoms with Crippen molar-refractivity contribution >= 4 is 28.5 Å². The van der Waals surface area contributed by atoms with E-state index in [-0.39, 0.29) is 18.4 Å². The van der Waals surface area contributed by atoms with Gasteiger partial charge in [0.05, 0.1) is 25.4 Å². The van der Waals surface area contributed by atoms with Gasteiger partial charge in [0.15, 0.2) is 11.5 Å². The van der Waals surface area contributed by atoms with Crippen LogP contribution in [0, 0.1) is 13.8 Å². The Labute approximate surface area is 228 Å². The Kier molecular flexibility index (Phi) is 7.90. The van der Waals surface area contributed by atoms with E-state index in [2.05, 4.69) is 15.6 Å². The van der Waals surface area contributed by atoms with Gasteiger partial charge in [0.1, 0.15) is 18.1 Å². The summed E-state index contributed by atoms with van der Waals surface area (Å²) in [5.74, 6) is 0.152. The number of nitrogens with one attached hydrogen (secondary N) is 1. The first-order valence-corrected chi connectivity index (χ1v) is 12.7. The molecule has 0 aliphatic heterocycles. The van der Waals surface area contributed by atoms with Gasteiger partial charge in [-0.1, -0.05) is 47.7 Å². The van der Waals surface area contributed by atoms with Crippen molar-refractivity contribution in [2.45, 2.75) is 52.7 Å². The third kappa shape index (κ3) is 5.72. The highest BCUT2D eigenvalue weighted by Gasteiger charge is 2.38. The molecule has 0 radical (unpaired) electrons. The van der Waals surface area contributed by atoms with Crippen LogP contribution in [0.5, 0.6) is 11.5 Å². The molecule has 4 rings (SSSR count). The highest BCUT2D eigenvalue weighted by atomic mass is 16.5. The summed E-state index contributed by atoms with van der Waals surface area (Å²) >= 11 is 0. The van der Waals surface area contributed by atoms with E-state index in [0.717, 1.165) is 16.6 Å². The number of aryl methyl sites for hydroxylation is 2. The maximum absolute atomic E-state index is 14.4. The maximum atomic E-state index is 14.4. The number of hydrogen-bond acceptors (Lipinski definition) is 6. The van der Waals surface area contributed by atoms with Crippen LogP contribution in [0.15, 0.2) is 60.7 Å². The molecule has 9 heteroatoms. The second-order valence-corrected chi connectivity index (χ2v) is 10.5. The molecule has 1 atom stereocenters. The Morgan fingerprint density at radius 2 is 1.62 bits per heavy atom. The summed E-state index contributed by atoms with van der Waals surface area (Å²) in [5, 5.41) is 11.5. The third-order valence-electron chi connectivity index (χ3n) is 6.39. The quantitative estimate of drug-likeness (QED) is 0.354. The van der Waals surface area contributed by atoms with Crippen molar-refractivity contribution < 1.29 is 19.1 Å². The first-order valence-electron chi connectivity index (χ1n) is 12.7. The number of anilines is 1. The Bertz CT molecular complexity index is 1480. The topological polar surface area (TPSA) is 98.6 Å². The van der Waals surface area contributed by atoms with E-state index in [1.54, 1.807) is 27.8 Å². The first kappa shape index (κ1) is 27.6. The third-order valence-corrected chi connectivity index (χ3v) is 6.39. The fraction of sp³-hybridized carbons (Fsp3) is 0.333. The fourth-order valence-corrected chi connectivity index (χ4v) is 4.78. The zero-order valence-corrected chi connectivity index (χ0v) is 23.5. The van der Waals surface area contributed by atoms with Crippen LogP contribution >= 0.6 is 0 Å². The van der Waals surface area contributed by atoms with Crippen molar-refractivity contribution in [2.75, 3.05) is 19.1 Å². The monoisotopic (exact) mass is 529 g/mol. The Morgan fingerprint density at radius 1 is 0.949 bits per heavy atom. The summed E-state index contributed by atoms with van der Waals surface area (Å²) in [6.45, 7) is 9.43. The van der Waals surface area contributed by atoms with Crippen LogP contribution in [0.3, 0.4) is 0 Å². The minimum absolute atomic E-state index is 0.125. The van der Waals surface area contributed by atoms with Gasteiger partial charge >= 0.3 is 0 Å². The van der Waals surface area contributed by atoms with E-state index >= 15 is 0 Å². The summed E-state index contributed by atoms with van der Waals surface area (Å²) in [7, 11) is 3.06. The number of methoxy groups -OCH3 is 2. The average molecular weight is 530 g/mol. The molecule has 1 heterocycles. The van der Waals surface area contributed by atoms with Crippen molar-refractivity contribution in [3.63, 3.8) is 0 Å². The SMILES string of the molecule is COc1cccc([C@@H](C(=O)NC(C)(C)C)N(C(=O)Cn2nnc3ccccc32)c2c(C)cccc2C)c1OC. The van der Waals surface area contributed by atoms with E-state index in [1.807, 2.05) is 77.1 Å². The molecular weight excluding hydrogens is 494 g/mol. The van der Waals surface area contributed by atoms with Gasteiger partial charge < -0.3 is 14.8 Å². The van der Waals surface area contributed by atoms with Gasteiger partial charge in [-0.3, -0.25) is 14.5 Å². The first-order chi connectivity index (χ1) is 18.6. The zero-order chi connectivity index (χ0) is 28.3. The van der Waals surface area contributed by atoms with Crippen LogP contribution in [0.4, 0.5) is 5.69 Å². The molecule has 0 spiro atoms. The van der Waals surface area contributed by atoms with Crippen LogP contribution in [-0.2, 0) is 16.1 Å². The minimum atomic E-state index is -1.07. The van der Waals surface area contributed by atoms with Crippen LogP contribution < -0.4 is 19.7 Å². The zero-order valence-electron chi connectivity index (χ0n) is 23.5. The minimum Gasteiger partial charge on any atom is -0.493 e. The Morgan fingerprint density at radius 3 is 2.26 bits per heavy atom. The Hall–Kier alpha value is -4.40. The number of amides is 2. The number of benzene rings is 3. The summed E-state index contributed by atoms with van der Waals surface area (Å²) in [6.07, 6.45) is 0. The average Bonchev–Trinajstić information content (AvgIpc) is 3.29. The lowest BCUT2D eigenvalue weighted by Crippen LogP contribution is -2.50. The molecule has 0 aliphatic carbocycles. The molecule has 0 bridgehead atoms.